The summed E-state index contributed by atoms with van der Waals surface area (Å²) in [5.41, 5.74) is 0.173. The average molecular weight is 337 g/mol. The van der Waals surface area contributed by atoms with Gasteiger partial charge in [0.2, 0.25) is 11.8 Å². The molecule has 5 heteroatoms. The van der Waals surface area contributed by atoms with Crippen LogP contribution in [-0.4, -0.2) is 16.8 Å². The molecule has 0 aromatic carbocycles. The summed E-state index contributed by atoms with van der Waals surface area (Å²) in [6.45, 7) is 0. The van der Waals surface area contributed by atoms with E-state index in [0.29, 0.717) is 16.6 Å². The molecule has 0 radical (unpaired) electrons. The molecule has 0 N–H and O–H groups in total. The van der Waals surface area contributed by atoms with Gasteiger partial charge in [0.15, 0.2) is 0 Å². The van der Waals surface area contributed by atoms with Crippen LogP contribution in [-0.2, 0) is 9.59 Å². The topological polar surface area (TPSA) is 50.3 Å². The summed E-state index contributed by atoms with van der Waals surface area (Å²) in [6, 6.07) is 1.72. The third kappa shape index (κ3) is 2.18. The zero-order chi connectivity index (χ0) is 14.2. The third-order valence-corrected chi connectivity index (χ3v) is 5.06. The van der Waals surface area contributed by atoms with E-state index in [9.17, 15) is 9.59 Å². The summed E-state index contributed by atoms with van der Waals surface area (Å²) in [5.74, 6) is -0.0971. The molecule has 2 fully saturated rings. The predicted molar refractivity (Wildman–Crippen MR) is 79.2 cm³/mol. The number of imide groups is 1. The van der Waals surface area contributed by atoms with Crippen LogP contribution in [0.2, 0.25) is 0 Å². The lowest BCUT2D eigenvalue weighted by molar-refractivity contribution is -0.126. The number of amides is 2. The first-order valence-electron chi connectivity index (χ1n) is 7.11. The van der Waals surface area contributed by atoms with Gasteiger partial charge in [-0.3, -0.25) is 14.6 Å². The molecule has 1 aliphatic carbocycles. The Hall–Kier alpha value is -1.23. The summed E-state index contributed by atoms with van der Waals surface area (Å²) in [7, 11) is 0. The monoisotopic (exact) mass is 336 g/mol. The van der Waals surface area contributed by atoms with Crippen molar-refractivity contribution in [2.75, 3.05) is 4.90 Å². The van der Waals surface area contributed by atoms with Crippen LogP contribution < -0.4 is 4.90 Å². The molecule has 20 heavy (non-hydrogen) atoms. The Morgan fingerprint density at radius 2 is 1.85 bits per heavy atom. The number of nitrogens with zero attached hydrogens (tertiary/aromatic N) is 2. The number of rotatable bonds is 1. The molecular formula is C15H17BrN2O2. The second-order valence-corrected chi connectivity index (χ2v) is 6.59. The van der Waals surface area contributed by atoms with E-state index in [1.807, 2.05) is 0 Å². The van der Waals surface area contributed by atoms with E-state index >= 15 is 0 Å². The van der Waals surface area contributed by atoms with E-state index in [4.69, 9.17) is 0 Å². The second-order valence-electron chi connectivity index (χ2n) is 5.73. The fraction of sp³-hybridized carbons (Fsp3) is 0.533. The van der Waals surface area contributed by atoms with Crippen molar-refractivity contribution in [3.63, 3.8) is 0 Å². The number of carbonyl (C=O) groups is 2. The van der Waals surface area contributed by atoms with Crippen LogP contribution >= 0.6 is 15.9 Å². The zero-order valence-corrected chi connectivity index (χ0v) is 12.9. The molecule has 0 unspecified atom stereocenters. The van der Waals surface area contributed by atoms with E-state index in [0.717, 1.165) is 25.7 Å². The number of anilines is 1. The van der Waals surface area contributed by atoms with E-state index in [1.165, 1.54) is 17.7 Å². The van der Waals surface area contributed by atoms with Gasteiger partial charge in [0.05, 0.1) is 15.6 Å². The van der Waals surface area contributed by atoms with Crippen molar-refractivity contribution in [2.45, 2.75) is 44.9 Å². The number of halogens is 1. The molecule has 2 heterocycles. The molecule has 0 atom stereocenters. The first-order valence-corrected chi connectivity index (χ1v) is 7.90. The molecule has 1 saturated heterocycles. The van der Waals surface area contributed by atoms with Gasteiger partial charge in [0.1, 0.15) is 0 Å². The van der Waals surface area contributed by atoms with E-state index in [-0.39, 0.29) is 11.8 Å². The van der Waals surface area contributed by atoms with E-state index < -0.39 is 5.41 Å². The number of aromatic nitrogens is 1. The molecule has 1 saturated carbocycles. The Balaban J connectivity index is 1.96. The third-order valence-electron chi connectivity index (χ3n) is 4.45. The van der Waals surface area contributed by atoms with Crippen molar-refractivity contribution in [1.82, 2.24) is 4.98 Å². The predicted octanol–water partition coefficient (Wildman–Crippen LogP) is 3.45. The van der Waals surface area contributed by atoms with Crippen molar-refractivity contribution < 1.29 is 9.59 Å². The highest BCUT2D eigenvalue weighted by Gasteiger charge is 2.51. The highest BCUT2D eigenvalue weighted by atomic mass is 79.9. The fourth-order valence-electron chi connectivity index (χ4n) is 3.38. The Bertz CT molecular complexity index is 551. The fourth-order valence-corrected chi connectivity index (χ4v) is 3.81. The molecule has 1 aromatic heterocycles. The van der Waals surface area contributed by atoms with Crippen LogP contribution in [0, 0.1) is 5.41 Å². The van der Waals surface area contributed by atoms with Gasteiger partial charge in [-0.2, -0.15) is 0 Å². The van der Waals surface area contributed by atoms with Crippen molar-refractivity contribution >= 4 is 33.4 Å². The van der Waals surface area contributed by atoms with Gasteiger partial charge in [-0.25, -0.2) is 4.90 Å². The largest absolute Gasteiger partial charge is 0.274 e. The molecule has 1 spiro atoms. The molecule has 1 aromatic rings. The first-order chi connectivity index (χ1) is 9.64. The standard InChI is InChI=1S/C15H17BrN2O2/c16-11-10-17-8-5-12(11)18-13(19)9-15(14(18)20)6-3-1-2-4-7-15/h5,8,10H,1-4,6-7,9H2. The minimum atomic E-state index is -0.448. The minimum absolute atomic E-state index is 0.0173. The number of pyridine rings is 1. The molecule has 2 amide bonds. The van der Waals surface area contributed by atoms with Crippen LogP contribution in [0.5, 0.6) is 0 Å². The maximum absolute atomic E-state index is 12.9. The van der Waals surface area contributed by atoms with Gasteiger partial charge in [-0.05, 0) is 34.8 Å². The molecule has 0 bridgehead atoms. The van der Waals surface area contributed by atoms with Crippen molar-refractivity contribution in [3.05, 3.63) is 22.9 Å². The summed E-state index contributed by atoms with van der Waals surface area (Å²) < 4.78 is 0.687. The van der Waals surface area contributed by atoms with Crippen LogP contribution in [0.4, 0.5) is 5.69 Å². The zero-order valence-electron chi connectivity index (χ0n) is 11.3. The average Bonchev–Trinajstić information content (AvgIpc) is 2.60. The molecule has 1 aliphatic heterocycles. The Kier molecular flexibility index (Phi) is 3.63. The van der Waals surface area contributed by atoms with Gasteiger partial charge >= 0.3 is 0 Å². The molecule has 4 nitrogen and oxygen atoms in total. The highest BCUT2D eigenvalue weighted by molar-refractivity contribution is 9.10. The van der Waals surface area contributed by atoms with Crippen molar-refractivity contribution in [3.8, 4) is 0 Å². The second kappa shape index (κ2) is 5.28. The first kappa shape index (κ1) is 13.7. The summed E-state index contributed by atoms with van der Waals surface area (Å²) in [6.07, 6.45) is 9.71. The minimum Gasteiger partial charge on any atom is -0.274 e. The number of hydrogen-bond acceptors (Lipinski definition) is 3. The molecule has 2 aliphatic rings. The Morgan fingerprint density at radius 3 is 2.50 bits per heavy atom. The lowest BCUT2D eigenvalue weighted by Gasteiger charge is -2.25. The summed E-state index contributed by atoms with van der Waals surface area (Å²) in [4.78, 5) is 30.6. The smallest absolute Gasteiger partial charge is 0.240 e. The maximum Gasteiger partial charge on any atom is 0.240 e. The van der Waals surface area contributed by atoms with Crippen LogP contribution in [0.1, 0.15) is 44.9 Å². The van der Waals surface area contributed by atoms with Gasteiger partial charge in [0.25, 0.3) is 0 Å². The van der Waals surface area contributed by atoms with Gasteiger partial charge in [0, 0.05) is 18.8 Å². The van der Waals surface area contributed by atoms with Crippen molar-refractivity contribution in [2.24, 2.45) is 5.41 Å². The highest BCUT2D eigenvalue weighted by Crippen LogP contribution is 2.46. The van der Waals surface area contributed by atoms with Crippen LogP contribution in [0.25, 0.3) is 0 Å². The Morgan fingerprint density at radius 1 is 1.15 bits per heavy atom. The van der Waals surface area contributed by atoms with E-state index in [2.05, 4.69) is 20.9 Å². The van der Waals surface area contributed by atoms with E-state index in [1.54, 1.807) is 18.5 Å². The quantitative estimate of drug-likeness (QED) is 0.738. The van der Waals surface area contributed by atoms with Gasteiger partial charge < -0.3 is 0 Å². The molecule has 106 valence electrons. The summed E-state index contributed by atoms with van der Waals surface area (Å²) in [5, 5.41) is 0. The summed E-state index contributed by atoms with van der Waals surface area (Å²) >= 11 is 3.38. The van der Waals surface area contributed by atoms with Crippen molar-refractivity contribution in [1.29, 1.82) is 0 Å². The lowest BCUT2D eigenvalue weighted by Crippen LogP contribution is -2.35. The molecule has 3 rings (SSSR count). The Labute approximate surface area is 126 Å². The lowest BCUT2D eigenvalue weighted by atomic mass is 9.79. The normalized spacial score (nSPS) is 22.4. The van der Waals surface area contributed by atoms with Crippen LogP contribution in [0.15, 0.2) is 22.9 Å². The number of hydrogen-bond donors (Lipinski definition) is 0. The SMILES string of the molecule is O=C1CC2(CCCCCC2)C(=O)N1c1ccncc1Br. The van der Waals surface area contributed by atoms with Gasteiger partial charge in [-0.15, -0.1) is 0 Å². The van der Waals surface area contributed by atoms with Gasteiger partial charge in [-0.1, -0.05) is 25.7 Å². The number of carbonyl (C=O) groups excluding carboxylic acids is 2. The van der Waals surface area contributed by atoms with Crippen LogP contribution in [0.3, 0.4) is 0 Å². The maximum atomic E-state index is 12.9. The molecular weight excluding hydrogens is 320 g/mol.